The SMILES string of the molecule is NC1CC(Nc2ncnc3sc(CC(F)(F)F)cc23)CC(c2ncco2)C1. The molecular formula is C17H18F3N5OS. The largest absolute Gasteiger partial charge is 0.449 e. The zero-order valence-electron chi connectivity index (χ0n) is 14.2. The van der Waals surface area contributed by atoms with E-state index in [1.54, 1.807) is 12.5 Å². The van der Waals surface area contributed by atoms with E-state index in [-0.39, 0.29) is 22.9 Å². The molecule has 0 bridgehead atoms. The first-order valence-electron chi connectivity index (χ1n) is 8.59. The highest BCUT2D eigenvalue weighted by atomic mass is 32.1. The van der Waals surface area contributed by atoms with Gasteiger partial charge in [-0.3, -0.25) is 0 Å². The molecular weight excluding hydrogens is 379 g/mol. The van der Waals surface area contributed by atoms with Gasteiger partial charge in [-0.15, -0.1) is 11.3 Å². The van der Waals surface area contributed by atoms with Crippen LogP contribution in [0.2, 0.25) is 0 Å². The number of nitrogens with one attached hydrogen (secondary N) is 1. The smallest absolute Gasteiger partial charge is 0.393 e. The van der Waals surface area contributed by atoms with Gasteiger partial charge in [-0.25, -0.2) is 15.0 Å². The second-order valence-electron chi connectivity index (χ2n) is 6.82. The van der Waals surface area contributed by atoms with Gasteiger partial charge in [0.15, 0.2) is 5.89 Å². The van der Waals surface area contributed by atoms with Crippen LogP contribution in [0.5, 0.6) is 0 Å². The molecule has 0 aliphatic heterocycles. The average Bonchev–Trinajstić information content (AvgIpc) is 3.22. The van der Waals surface area contributed by atoms with Crippen molar-refractivity contribution in [1.29, 1.82) is 0 Å². The molecule has 3 N–H and O–H groups in total. The molecule has 1 fully saturated rings. The van der Waals surface area contributed by atoms with E-state index in [4.69, 9.17) is 10.2 Å². The van der Waals surface area contributed by atoms with Gasteiger partial charge in [0.1, 0.15) is 23.2 Å². The summed E-state index contributed by atoms with van der Waals surface area (Å²) in [6.45, 7) is 0. The standard InChI is InChI=1S/C17H18F3N5OS/c18-17(19,20)7-12-6-13-14(23-8-24-16(13)27-12)25-11-4-9(3-10(21)5-11)15-22-1-2-26-15/h1-2,6,8-11H,3-5,7,21H2,(H,23,24,25). The highest BCUT2D eigenvalue weighted by molar-refractivity contribution is 7.18. The van der Waals surface area contributed by atoms with E-state index in [1.807, 2.05) is 0 Å². The summed E-state index contributed by atoms with van der Waals surface area (Å²) >= 11 is 1.04. The number of nitrogens with zero attached hydrogens (tertiary/aromatic N) is 3. The van der Waals surface area contributed by atoms with Gasteiger partial charge in [0.05, 0.1) is 18.0 Å². The summed E-state index contributed by atoms with van der Waals surface area (Å²) < 4.78 is 43.5. The van der Waals surface area contributed by atoms with Crippen molar-refractivity contribution in [2.24, 2.45) is 5.73 Å². The molecule has 0 saturated heterocycles. The van der Waals surface area contributed by atoms with E-state index in [0.29, 0.717) is 21.9 Å². The van der Waals surface area contributed by atoms with Crippen LogP contribution in [-0.2, 0) is 6.42 Å². The summed E-state index contributed by atoms with van der Waals surface area (Å²) in [6, 6.07) is 1.52. The molecule has 27 heavy (non-hydrogen) atoms. The van der Waals surface area contributed by atoms with Crippen LogP contribution in [0.4, 0.5) is 19.0 Å². The van der Waals surface area contributed by atoms with Gasteiger partial charge in [-0.05, 0) is 25.3 Å². The van der Waals surface area contributed by atoms with E-state index < -0.39 is 12.6 Å². The molecule has 3 atom stereocenters. The van der Waals surface area contributed by atoms with Crippen molar-refractivity contribution in [3.05, 3.63) is 35.6 Å². The van der Waals surface area contributed by atoms with Gasteiger partial charge >= 0.3 is 6.18 Å². The van der Waals surface area contributed by atoms with Gasteiger partial charge < -0.3 is 15.5 Å². The molecule has 0 spiro atoms. The minimum absolute atomic E-state index is 0.0197. The van der Waals surface area contributed by atoms with E-state index in [0.717, 1.165) is 30.6 Å². The maximum atomic E-state index is 12.7. The summed E-state index contributed by atoms with van der Waals surface area (Å²) in [4.78, 5) is 13.3. The van der Waals surface area contributed by atoms with E-state index in [9.17, 15) is 13.2 Å². The number of hydrogen-bond donors (Lipinski definition) is 2. The Morgan fingerprint density at radius 3 is 2.81 bits per heavy atom. The summed E-state index contributed by atoms with van der Waals surface area (Å²) in [5.74, 6) is 1.30. The minimum Gasteiger partial charge on any atom is -0.449 e. The summed E-state index contributed by atoms with van der Waals surface area (Å²) in [5.41, 5.74) is 6.20. The van der Waals surface area contributed by atoms with E-state index in [2.05, 4.69) is 20.3 Å². The fraction of sp³-hybridized carbons (Fsp3) is 0.471. The van der Waals surface area contributed by atoms with Gasteiger partial charge in [0, 0.05) is 22.9 Å². The lowest BCUT2D eigenvalue weighted by molar-refractivity contribution is -0.126. The second-order valence-corrected chi connectivity index (χ2v) is 7.94. The predicted molar refractivity (Wildman–Crippen MR) is 95.7 cm³/mol. The lowest BCUT2D eigenvalue weighted by Crippen LogP contribution is -2.38. The van der Waals surface area contributed by atoms with Crippen molar-refractivity contribution in [1.82, 2.24) is 15.0 Å². The fourth-order valence-electron chi connectivity index (χ4n) is 3.62. The normalized spacial score (nSPS) is 23.6. The Bertz CT molecular complexity index is 911. The molecule has 1 aliphatic rings. The van der Waals surface area contributed by atoms with Crippen LogP contribution in [0, 0.1) is 0 Å². The number of thiophene rings is 1. The maximum Gasteiger partial charge on any atom is 0.393 e. The number of alkyl halides is 3. The molecule has 0 amide bonds. The molecule has 4 rings (SSSR count). The minimum atomic E-state index is -4.25. The number of hydrogen-bond acceptors (Lipinski definition) is 7. The number of anilines is 1. The highest BCUT2D eigenvalue weighted by Gasteiger charge is 2.32. The third-order valence-electron chi connectivity index (χ3n) is 4.64. The third-order valence-corrected chi connectivity index (χ3v) is 5.68. The van der Waals surface area contributed by atoms with Crippen LogP contribution >= 0.6 is 11.3 Å². The number of fused-ring (bicyclic) bond motifs is 1. The molecule has 0 radical (unpaired) electrons. The summed E-state index contributed by atoms with van der Waals surface area (Å²) in [6.07, 6.45) is 1.59. The van der Waals surface area contributed by atoms with Crippen LogP contribution in [-0.4, -0.2) is 33.2 Å². The Morgan fingerprint density at radius 2 is 2.07 bits per heavy atom. The molecule has 1 saturated carbocycles. The lowest BCUT2D eigenvalue weighted by Gasteiger charge is -2.32. The second kappa shape index (κ2) is 7.08. The zero-order valence-corrected chi connectivity index (χ0v) is 15.1. The highest BCUT2D eigenvalue weighted by Crippen LogP contribution is 2.36. The Hall–Kier alpha value is -2.20. The van der Waals surface area contributed by atoms with Crippen LogP contribution in [0.1, 0.15) is 35.9 Å². The van der Waals surface area contributed by atoms with E-state index >= 15 is 0 Å². The Balaban J connectivity index is 1.55. The quantitative estimate of drug-likeness (QED) is 0.695. The lowest BCUT2D eigenvalue weighted by atomic mass is 9.82. The maximum absolute atomic E-state index is 12.7. The van der Waals surface area contributed by atoms with Crippen LogP contribution in [0.15, 0.2) is 29.3 Å². The first-order valence-corrected chi connectivity index (χ1v) is 9.40. The Labute approximate surface area is 157 Å². The number of oxazole rings is 1. The molecule has 144 valence electrons. The van der Waals surface area contributed by atoms with Crippen molar-refractivity contribution in [2.45, 2.75) is 49.9 Å². The van der Waals surface area contributed by atoms with Crippen LogP contribution in [0.3, 0.4) is 0 Å². The van der Waals surface area contributed by atoms with Crippen molar-refractivity contribution >= 4 is 27.4 Å². The molecule has 3 aromatic rings. The van der Waals surface area contributed by atoms with Gasteiger partial charge in [-0.1, -0.05) is 0 Å². The number of rotatable bonds is 4. The average molecular weight is 397 g/mol. The molecule has 3 heterocycles. The first-order chi connectivity index (χ1) is 12.9. The topological polar surface area (TPSA) is 89.9 Å². The van der Waals surface area contributed by atoms with Gasteiger partial charge in [0.25, 0.3) is 0 Å². The number of aromatic nitrogens is 3. The number of nitrogens with two attached hydrogens (primary N) is 1. The van der Waals surface area contributed by atoms with Crippen molar-refractivity contribution < 1.29 is 17.6 Å². The van der Waals surface area contributed by atoms with Crippen molar-refractivity contribution in [3.63, 3.8) is 0 Å². The molecule has 3 unspecified atom stereocenters. The monoisotopic (exact) mass is 397 g/mol. The fourth-order valence-corrected chi connectivity index (χ4v) is 4.64. The molecule has 10 heteroatoms. The molecule has 6 nitrogen and oxygen atoms in total. The molecule has 0 aromatic carbocycles. The molecule has 1 aliphatic carbocycles. The summed E-state index contributed by atoms with van der Waals surface area (Å²) in [7, 11) is 0. The van der Waals surface area contributed by atoms with Crippen molar-refractivity contribution in [2.75, 3.05) is 5.32 Å². The Morgan fingerprint density at radius 1 is 1.22 bits per heavy atom. The molecule has 3 aromatic heterocycles. The Kier molecular flexibility index (Phi) is 4.77. The third kappa shape index (κ3) is 4.22. The predicted octanol–water partition coefficient (Wildman–Crippen LogP) is 3.86. The van der Waals surface area contributed by atoms with Gasteiger partial charge in [0.2, 0.25) is 0 Å². The van der Waals surface area contributed by atoms with Crippen LogP contribution in [0.25, 0.3) is 10.2 Å². The van der Waals surface area contributed by atoms with Crippen molar-refractivity contribution in [3.8, 4) is 0 Å². The zero-order chi connectivity index (χ0) is 19.0. The van der Waals surface area contributed by atoms with Gasteiger partial charge in [-0.2, -0.15) is 13.2 Å². The summed E-state index contributed by atoms with van der Waals surface area (Å²) in [5, 5.41) is 3.95. The number of halogens is 3. The first kappa shape index (κ1) is 18.2. The van der Waals surface area contributed by atoms with E-state index in [1.165, 1.54) is 12.4 Å². The van der Waals surface area contributed by atoms with Crippen LogP contribution < -0.4 is 11.1 Å².